The highest BCUT2D eigenvalue weighted by Gasteiger charge is 2.23. The minimum absolute atomic E-state index is 0.0561. The van der Waals surface area contributed by atoms with E-state index in [1.165, 1.54) is 0 Å². The Bertz CT molecular complexity index is 529. The minimum Gasteiger partial charge on any atom is -0.391 e. The molecule has 18 heavy (non-hydrogen) atoms. The van der Waals surface area contributed by atoms with Crippen LogP contribution in [0.15, 0.2) is 17.0 Å². The zero-order chi connectivity index (χ0) is 13.9. The van der Waals surface area contributed by atoms with Crippen LogP contribution >= 0.6 is 0 Å². The summed E-state index contributed by atoms with van der Waals surface area (Å²) in [5.41, 5.74) is -0.651. The van der Waals surface area contributed by atoms with E-state index >= 15 is 0 Å². The molecule has 102 valence electrons. The monoisotopic (exact) mass is 279 g/mol. The third-order valence-corrected chi connectivity index (χ3v) is 3.72. The molecule has 0 saturated carbocycles. The maximum absolute atomic E-state index is 13.7. The van der Waals surface area contributed by atoms with E-state index < -0.39 is 38.7 Å². The maximum atomic E-state index is 13.7. The molecule has 0 fully saturated rings. The Morgan fingerprint density at radius 3 is 2.44 bits per heavy atom. The van der Waals surface area contributed by atoms with Gasteiger partial charge in [-0.1, -0.05) is 13.8 Å². The average molecular weight is 279 g/mol. The second kappa shape index (κ2) is 5.73. The highest BCUT2D eigenvalue weighted by atomic mass is 32.2. The van der Waals surface area contributed by atoms with Gasteiger partial charge in [0.2, 0.25) is 10.0 Å². The summed E-state index contributed by atoms with van der Waals surface area (Å²) in [6.07, 6.45) is 0. The van der Waals surface area contributed by atoms with Crippen LogP contribution in [0.4, 0.5) is 8.78 Å². The molecule has 1 aromatic rings. The SMILES string of the molecule is CC(C)CNS(=O)(=O)c1ccc(F)c(CO)c1F. The number of aliphatic hydroxyl groups excluding tert-OH is 1. The predicted molar refractivity (Wildman–Crippen MR) is 62.3 cm³/mol. The number of benzene rings is 1. The maximum Gasteiger partial charge on any atom is 0.243 e. The Balaban J connectivity index is 3.17. The average Bonchev–Trinajstić information content (AvgIpc) is 2.27. The third kappa shape index (κ3) is 3.24. The van der Waals surface area contributed by atoms with E-state index in [1.807, 2.05) is 0 Å². The lowest BCUT2D eigenvalue weighted by atomic mass is 10.2. The number of hydrogen-bond donors (Lipinski definition) is 2. The van der Waals surface area contributed by atoms with Crippen LogP contribution in [0.1, 0.15) is 19.4 Å². The summed E-state index contributed by atoms with van der Waals surface area (Å²) in [7, 11) is -4.04. The molecule has 0 aliphatic rings. The van der Waals surface area contributed by atoms with Crippen LogP contribution < -0.4 is 4.72 Å². The van der Waals surface area contributed by atoms with E-state index in [0.717, 1.165) is 12.1 Å². The van der Waals surface area contributed by atoms with Crippen molar-refractivity contribution in [2.75, 3.05) is 6.54 Å². The zero-order valence-electron chi connectivity index (χ0n) is 10.1. The molecule has 0 unspecified atom stereocenters. The first-order valence-electron chi connectivity index (χ1n) is 5.37. The molecule has 1 rings (SSSR count). The summed E-state index contributed by atoms with van der Waals surface area (Å²) in [5.74, 6) is -2.17. The summed E-state index contributed by atoms with van der Waals surface area (Å²) in [5, 5.41) is 8.81. The molecule has 0 amide bonds. The van der Waals surface area contributed by atoms with Gasteiger partial charge in [-0.2, -0.15) is 0 Å². The third-order valence-electron chi connectivity index (χ3n) is 2.28. The molecule has 1 aromatic carbocycles. The van der Waals surface area contributed by atoms with Gasteiger partial charge in [-0.25, -0.2) is 21.9 Å². The highest BCUT2D eigenvalue weighted by molar-refractivity contribution is 7.89. The van der Waals surface area contributed by atoms with Crippen LogP contribution in [0.2, 0.25) is 0 Å². The Morgan fingerprint density at radius 1 is 1.33 bits per heavy atom. The number of rotatable bonds is 5. The van der Waals surface area contributed by atoms with Gasteiger partial charge in [0.05, 0.1) is 12.2 Å². The lowest BCUT2D eigenvalue weighted by Gasteiger charge is -2.11. The summed E-state index contributed by atoms with van der Waals surface area (Å²) in [4.78, 5) is -0.659. The predicted octanol–water partition coefficient (Wildman–Crippen LogP) is 1.39. The Morgan fingerprint density at radius 2 is 1.94 bits per heavy atom. The van der Waals surface area contributed by atoms with Crippen molar-refractivity contribution in [1.82, 2.24) is 4.72 Å². The normalized spacial score (nSPS) is 12.1. The molecular weight excluding hydrogens is 264 g/mol. The van der Waals surface area contributed by atoms with Crippen molar-refractivity contribution in [2.45, 2.75) is 25.3 Å². The van der Waals surface area contributed by atoms with Crippen molar-refractivity contribution in [3.05, 3.63) is 29.3 Å². The van der Waals surface area contributed by atoms with Crippen molar-refractivity contribution in [2.24, 2.45) is 5.92 Å². The van der Waals surface area contributed by atoms with Crippen LogP contribution in [0.25, 0.3) is 0 Å². The molecule has 0 bridgehead atoms. The van der Waals surface area contributed by atoms with Crippen molar-refractivity contribution in [3.63, 3.8) is 0 Å². The molecule has 7 heteroatoms. The van der Waals surface area contributed by atoms with Crippen molar-refractivity contribution in [3.8, 4) is 0 Å². The molecular formula is C11H15F2NO3S. The van der Waals surface area contributed by atoms with Crippen LogP contribution in [-0.2, 0) is 16.6 Å². The molecule has 0 saturated heterocycles. The number of hydrogen-bond acceptors (Lipinski definition) is 3. The topological polar surface area (TPSA) is 66.4 Å². The van der Waals surface area contributed by atoms with E-state index in [-0.39, 0.29) is 12.5 Å². The van der Waals surface area contributed by atoms with Gasteiger partial charge >= 0.3 is 0 Å². The van der Waals surface area contributed by atoms with Crippen molar-refractivity contribution in [1.29, 1.82) is 0 Å². The fraction of sp³-hybridized carbons (Fsp3) is 0.455. The van der Waals surface area contributed by atoms with Crippen LogP contribution in [0, 0.1) is 17.6 Å². The van der Waals surface area contributed by atoms with Crippen molar-refractivity contribution < 1.29 is 22.3 Å². The molecule has 4 nitrogen and oxygen atoms in total. The zero-order valence-corrected chi connectivity index (χ0v) is 10.9. The number of nitrogens with one attached hydrogen (secondary N) is 1. The van der Waals surface area contributed by atoms with E-state index in [2.05, 4.69) is 4.72 Å². The van der Waals surface area contributed by atoms with Crippen LogP contribution in [0.3, 0.4) is 0 Å². The summed E-state index contributed by atoms with van der Waals surface area (Å²) < 4.78 is 52.6. The van der Waals surface area contributed by atoms with E-state index in [1.54, 1.807) is 13.8 Å². The smallest absolute Gasteiger partial charge is 0.243 e. The molecule has 0 aromatic heterocycles. The molecule has 0 heterocycles. The standard InChI is InChI=1S/C11H15F2NO3S/c1-7(2)5-14-18(16,17)10-4-3-9(12)8(6-15)11(10)13/h3-4,7,14-15H,5-6H2,1-2H3. The van der Waals surface area contributed by atoms with Gasteiger partial charge in [0.1, 0.15) is 10.7 Å². The van der Waals surface area contributed by atoms with E-state index in [0.29, 0.717) is 0 Å². The van der Waals surface area contributed by atoms with E-state index in [9.17, 15) is 17.2 Å². The lowest BCUT2D eigenvalue weighted by molar-refractivity contribution is 0.267. The summed E-state index contributed by atoms with van der Waals surface area (Å²) >= 11 is 0. The molecule has 0 spiro atoms. The second-order valence-electron chi connectivity index (χ2n) is 4.24. The Hall–Kier alpha value is -1.05. The second-order valence-corrected chi connectivity index (χ2v) is 5.98. The largest absolute Gasteiger partial charge is 0.391 e. The van der Waals surface area contributed by atoms with Crippen LogP contribution in [-0.4, -0.2) is 20.1 Å². The lowest BCUT2D eigenvalue weighted by Crippen LogP contribution is -2.28. The van der Waals surface area contributed by atoms with Crippen molar-refractivity contribution >= 4 is 10.0 Å². The molecule has 0 aliphatic heterocycles. The molecule has 2 N–H and O–H groups in total. The first kappa shape index (κ1) is 15.0. The van der Waals surface area contributed by atoms with Gasteiger partial charge in [-0.05, 0) is 18.1 Å². The first-order chi connectivity index (χ1) is 8.29. The van der Waals surface area contributed by atoms with Gasteiger partial charge in [0, 0.05) is 6.54 Å². The van der Waals surface area contributed by atoms with Gasteiger partial charge in [-0.15, -0.1) is 0 Å². The fourth-order valence-corrected chi connectivity index (χ4v) is 2.60. The summed E-state index contributed by atoms with van der Waals surface area (Å²) in [6, 6.07) is 1.66. The Kier molecular flexibility index (Phi) is 4.78. The van der Waals surface area contributed by atoms with E-state index in [4.69, 9.17) is 5.11 Å². The molecule has 0 aliphatic carbocycles. The van der Waals surface area contributed by atoms with Gasteiger partial charge in [-0.3, -0.25) is 0 Å². The number of sulfonamides is 1. The first-order valence-corrected chi connectivity index (χ1v) is 6.85. The Labute approximate surface area is 105 Å². The van der Waals surface area contributed by atoms with Gasteiger partial charge in [0.15, 0.2) is 5.82 Å². The summed E-state index contributed by atoms with van der Waals surface area (Å²) in [6.45, 7) is 2.84. The minimum atomic E-state index is -4.04. The van der Waals surface area contributed by atoms with Crippen LogP contribution in [0.5, 0.6) is 0 Å². The number of halogens is 2. The molecule has 0 atom stereocenters. The fourth-order valence-electron chi connectivity index (χ4n) is 1.28. The highest BCUT2D eigenvalue weighted by Crippen LogP contribution is 2.21. The quantitative estimate of drug-likeness (QED) is 0.856. The van der Waals surface area contributed by atoms with Gasteiger partial charge in [0.25, 0.3) is 0 Å². The molecule has 0 radical (unpaired) electrons. The van der Waals surface area contributed by atoms with Gasteiger partial charge < -0.3 is 5.11 Å². The number of aliphatic hydroxyl groups is 1.